The molecule has 9 heteroatoms. The van der Waals surface area contributed by atoms with Crippen LogP contribution < -0.4 is 9.47 Å². The topological polar surface area (TPSA) is 139 Å². The number of methoxy groups -OCH3 is 1. The minimum absolute atomic E-state index is 0.129. The highest BCUT2D eigenvalue weighted by atomic mass is 16.5. The summed E-state index contributed by atoms with van der Waals surface area (Å²) in [5.41, 5.74) is 1.92. The molecule has 1 fully saturated rings. The van der Waals surface area contributed by atoms with E-state index in [9.17, 15) is 25.2 Å². The highest BCUT2D eigenvalue weighted by molar-refractivity contribution is 6.09. The van der Waals surface area contributed by atoms with Crippen LogP contribution in [0.1, 0.15) is 27.6 Å². The van der Waals surface area contributed by atoms with Gasteiger partial charge >= 0.3 is 0 Å². The van der Waals surface area contributed by atoms with E-state index in [1.807, 2.05) is 24.3 Å². The van der Waals surface area contributed by atoms with Gasteiger partial charge in [-0.3, -0.25) is 4.79 Å². The van der Waals surface area contributed by atoms with Gasteiger partial charge in [-0.05, 0) is 35.9 Å². The van der Waals surface area contributed by atoms with E-state index >= 15 is 0 Å². The summed E-state index contributed by atoms with van der Waals surface area (Å²) in [7, 11) is 1.40. The predicted molar refractivity (Wildman–Crippen MR) is 131 cm³/mol. The van der Waals surface area contributed by atoms with Crippen LogP contribution in [0.3, 0.4) is 0 Å². The molecule has 1 aliphatic heterocycles. The number of hydrogen-bond donors (Lipinski definition) is 4. The Balaban J connectivity index is 1.72. The Morgan fingerprint density at radius 3 is 2.61 bits per heavy atom. The zero-order valence-electron chi connectivity index (χ0n) is 19.6. The number of aliphatic hydroxyl groups excluding tert-OH is 4. The van der Waals surface area contributed by atoms with Crippen LogP contribution in [-0.4, -0.2) is 70.9 Å². The summed E-state index contributed by atoms with van der Waals surface area (Å²) < 4.78 is 22.2. The fourth-order valence-electron chi connectivity index (χ4n) is 4.15. The molecule has 36 heavy (non-hydrogen) atoms. The van der Waals surface area contributed by atoms with Crippen molar-refractivity contribution in [2.24, 2.45) is 0 Å². The zero-order chi connectivity index (χ0) is 25.8. The standard InChI is InChI=1S/C27H28O9/c1-3-9-34-22-13-21(33-2)18(27-26(32)25(31)24(30)23(14-28)36-27)12-17(22)19(29)6-4-15-5-7-20-16(11-15)8-10-35-20/h3-8,10-13,23-28,30-32H,1,9,14H2,2H3/b6-4+/t23-,24-,25+,26-,27+/m1/s1. The Labute approximate surface area is 207 Å². The van der Waals surface area contributed by atoms with Gasteiger partial charge in [0.2, 0.25) is 0 Å². The van der Waals surface area contributed by atoms with Crippen LogP contribution in [0.4, 0.5) is 0 Å². The van der Waals surface area contributed by atoms with Crippen molar-refractivity contribution in [1.82, 2.24) is 0 Å². The molecule has 3 aromatic rings. The van der Waals surface area contributed by atoms with Gasteiger partial charge in [0.05, 0.1) is 25.5 Å². The summed E-state index contributed by atoms with van der Waals surface area (Å²) in [5, 5.41) is 41.5. The number of carbonyl (C=O) groups is 1. The molecule has 0 saturated carbocycles. The van der Waals surface area contributed by atoms with Gasteiger partial charge in [-0.15, -0.1) is 0 Å². The second-order valence-corrected chi connectivity index (χ2v) is 8.35. The van der Waals surface area contributed by atoms with Crippen molar-refractivity contribution in [2.75, 3.05) is 20.3 Å². The van der Waals surface area contributed by atoms with Crippen molar-refractivity contribution in [1.29, 1.82) is 0 Å². The normalized spacial score (nSPS) is 24.2. The molecule has 4 rings (SSSR count). The number of aliphatic hydroxyl groups is 4. The van der Waals surface area contributed by atoms with Crippen LogP contribution in [0.15, 0.2) is 65.8 Å². The van der Waals surface area contributed by atoms with E-state index in [2.05, 4.69) is 6.58 Å². The van der Waals surface area contributed by atoms with Crippen LogP contribution in [0.5, 0.6) is 11.5 Å². The highest BCUT2D eigenvalue weighted by Gasteiger charge is 2.45. The molecule has 0 bridgehead atoms. The number of ether oxygens (including phenoxy) is 3. The van der Waals surface area contributed by atoms with Gasteiger partial charge in [0.25, 0.3) is 0 Å². The zero-order valence-corrected chi connectivity index (χ0v) is 19.6. The monoisotopic (exact) mass is 496 g/mol. The number of furan rings is 1. The molecule has 0 spiro atoms. The van der Waals surface area contributed by atoms with Gasteiger partial charge in [0.1, 0.15) is 54.2 Å². The van der Waals surface area contributed by atoms with Crippen LogP contribution in [0, 0.1) is 0 Å². The number of ketones is 1. The molecule has 1 aromatic heterocycles. The van der Waals surface area contributed by atoms with Crippen molar-refractivity contribution in [3.63, 3.8) is 0 Å². The van der Waals surface area contributed by atoms with Crippen LogP contribution >= 0.6 is 0 Å². The predicted octanol–water partition coefficient (Wildman–Crippen LogP) is 2.42. The Morgan fingerprint density at radius 2 is 1.89 bits per heavy atom. The quantitative estimate of drug-likeness (QED) is 0.200. The SMILES string of the molecule is C=CCOc1cc(OC)c([C@@H]2O[C@H](CO)[C@@H](O)[C@H](O)[C@H]2O)cc1C(=O)/C=C/c1ccc2occc2c1. The van der Waals surface area contributed by atoms with E-state index in [0.717, 1.165) is 16.5 Å². The molecule has 2 heterocycles. The first-order valence-corrected chi connectivity index (χ1v) is 11.3. The third-order valence-electron chi connectivity index (χ3n) is 6.06. The summed E-state index contributed by atoms with van der Waals surface area (Å²) >= 11 is 0. The van der Waals surface area contributed by atoms with Crippen molar-refractivity contribution in [3.05, 3.63) is 78.1 Å². The summed E-state index contributed by atoms with van der Waals surface area (Å²) in [6.45, 7) is 3.18. The van der Waals surface area contributed by atoms with Crippen molar-refractivity contribution >= 4 is 22.8 Å². The molecule has 0 amide bonds. The van der Waals surface area contributed by atoms with E-state index in [-0.39, 0.29) is 29.2 Å². The highest BCUT2D eigenvalue weighted by Crippen LogP contribution is 2.40. The van der Waals surface area contributed by atoms with Gasteiger partial charge in [-0.2, -0.15) is 0 Å². The number of hydrogen-bond acceptors (Lipinski definition) is 9. The number of rotatable bonds is 9. The fraction of sp³-hybridized carbons (Fsp3) is 0.296. The molecule has 1 aliphatic rings. The molecule has 0 unspecified atom stereocenters. The van der Waals surface area contributed by atoms with Crippen molar-refractivity contribution < 1.29 is 43.8 Å². The minimum Gasteiger partial charge on any atom is -0.496 e. The first-order valence-electron chi connectivity index (χ1n) is 11.3. The number of allylic oxidation sites excluding steroid dienone is 1. The van der Waals surface area contributed by atoms with Gasteiger partial charge in [-0.25, -0.2) is 0 Å². The second-order valence-electron chi connectivity index (χ2n) is 8.35. The summed E-state index contributed by atoms with van der Waals surface area (Å²) in [6.07, 6.45) is -0.790. The number of fused-ring (bicyclic) bond motifs is 1. The maximum atomic E-state index is 13.3. The Kier molecular flexibility index (Phi) is 7.88. The van der Waals surface area contributed by atoms with Crippen LogP contribution in [0.25, 0.3) is 17.0 Å². The van der Waals surface area contributed by atoms with E-state index in [1.54, 1.807) is 12.3 Å². The second kappa shape index (κ2) is 11.1. The average molecular weight is 497 g/mol. The first-order chi connectivity index (χ1) is 17.4. The fourth-order valence-corrected chi connectivity index (χ4v) is 4.15. The van der Waals surface area contributed by atoms with Gasteiger partial charge < -0.3 is 39.1 Å². The number of benzene rings is 2. The lowest BCUT2D eigenvalue weighted by Crippen LogP contribution is -2.55. The number of carbonyl (C=O) groups excluding carboxylic acids is 1. The summed E-state index contributed by atoms with van der Waals surface area (Å²) in [6, 6.07) is 10.3. The van der Waals surface area contributed by atoms with Gasteiger partial charge in [0, 0.05) is 17.0 Å². The largest absolute Gasteiger partial charge is 0.496 e. The van der Waals surface area contributed by atoms with E-state index in [0.29, 0.717) is 0 Å². The minimum atomic E-state index is -1.58. The van der Waals surface area contributed by atoms with Crippen molar-refractivity contribution in [3.8, 4) is 11.5 Å². The molecule has 9 nitrogen and oxygen atoms in total. The lowest BCUT2D eigenvalue weighted by molar-refractivity contribution is -0.232. The summed E-state index contributed by atoms with van der Waals surface area (Å²) in [5.74, 6) is 0.0548. The van der Waals surface area contributed by atoms with Crippen LogP contribution in [0.2, 0.25) is 0 Å². The van der Waals surface area contributed by atoms with Crippen LogP contribution in [-0.2, 0) is 4.74 Å². The Morgan fingerprint density at radius 1 is 1.08 bits per heavy atom. The molecule has 0 aliphatic carbocycles. The molecule has 1 saturated heterocycles. The molecular weight excluding hydrogens is 468 g/mol. The maximum Gasteiger partial charge on any atom is 0.189 e. The molecule has 0 radical (unpaired) electrons. The molecule has 190 valence electrons. The smallest absolute Gasteiger partial charge is 0.189 e. The first kappa shape index (κ1) is 25.6. The lowest BCUT2D eigenvalue weighted by atomic mass is 9.89. The third-order valence-corrected chi connectivity index (χ3v) is 6.06. The van der Waals surface area contributed by atoms with E-state index < -0.39 is 42.9 Å². The molecular formula is C27H28O9. The summed E-state index contributed by atoms with van der Waals surface area (Å²) in [4.78, 5) is 13.3. The average Bonchev–Trinajstić information content (AvgIpc) is 3.37. The van der Waals surface area contributed by atoms with E-state index in [1.165, 1.54) is 31.4 Å². The Bertz CT molecular complexity index is 1260. The molecule has 4 N–H and O–H groups in total. The van der Waals surface area contributed by atoms with Gasteiger partial charge in [0.15, 0.2) is 5.78 Å². The third kappa shape index (κ3) is 5.06. The van der Waals surface area contributed by atoms with Gasteiger partial charge in [-0.1, -0.05) is 24.8 Å². The molecule has 2 aromatic carbocycles. The lowest BCUT2D eigenvalue weighted by Gasteiger charge is -2.40. The van der Waals surface area contributed by atoms with Crippen molar-refractivity contribution in [2.45, 2.75) is 30.5 Å². The Hall–Kier alpha value is -3.47. The van der Waals surface area contributed by atoms with E-state index in [4.69, 9.17) is 18.6 Å². The molecule has 5 atom stereocenters. The maximum absolute atomic E-state index is 13.3.